The molecule has 0 saturated carbocycles. The van der Waals surface area contributed by atoms with Crippen molar-refractivity contribution in [3.63, 3.8) is 0 Å². The van der Waals surface area contributed by atoms with Gasteiger partial charge in [-0.3, -0.25) is 0 Å². The highest BCUT2D eigenvalue weighted by atomic mass is 35.5. The first-order valence-electron chi connectivity index (χ1n) is 9.64. The van der Waals surface area contributed by atoms with E-state index in [9.17, 15) is 22.0 Å². The van der Waals surface area contributed by atoms with Crippen LogP contribution < -0.4 is 0 Å². The number of furan rings is 1. The van der Waals surface area contributed by atoms with Gasteiger partial charge in [-0.25, -0.2) is 13.5 Å². The van der Waals surface area contributed by atoms with Crippen LogP contribution in [-0.2, 0) is 6.18 Å². The van der Waals surface area contributed by atoms with Crippen LogP contribution in [0.15, 0.2) is 76.2 Å². The highest BCUT2D eigenvalue weighted by Gasteiger charge is 2.41. The van der Waals surface area contributed by atoms with Crippen LogP contribution >= 0.6 is 11.6 Å². The zero-order valence-corrected chi connectivity index (χ0v) is 17.5. The van der Waals surface area contributed by atoms with Gasteiger partial charge in [0.15, 0.2) is 11.5 Å². The number of rotatable bonds is 4. The molecule has 0 aliphatic rings. The molecule has 172 valence electrons. The molecule has 0 aliphatic carbocycles. The fourth-order valence-corrected chi connectivity index (χ4v) is 3.89. The van der Waals surface area contributed by atoms with Crippen molar-refractivity contribution in [1.29, 1.82) is 0 Å². The summed E-state index contributed by atoms with van der Waals surface area (Å²) in [6.07, 6.45) is -1.46. The third-order valence-corrected chi connectivity index (χ3v) is 5.35. The second-order valence-corrected chi connectivity index (χ2v) is 7.55. The first-order chi connectivity index (χ1) is 16.3. The van der Waals surface area contributed by atoms with Crippen LogP contribution in [0.4, 0.5) is 22.0 Å². The third-order valence-electron chi connectivity index (χ3n) is 5.04. The topological polar surface area (TPSA) is 57.0 Å². The Morgan fingerprint density at radius 3 is 2.44 bits per heavy atom. The molecule has 5 rings (SSSR count). The lowest BCUT2D eigenvalue weighted by atomic mass is 9.98. The standard InChI is InChI=1S/C23H11ClF5N3O2/c24-16-5-2-6-17(26)19(16)20-18(12-7-8-33-11-12)21(34-31-20)15-10-30-32(22(15)23(27,28)29)14-4-1-3-13(25)9-14/h1-11H. The number of aromatic nitrogens is 3. The van der Waals surface area contributed by atoms with Crippen LogP contribution in [0.2, 0.25) is 5.02 Å². The van der Waals surface area contributed by atoms with Gasteiger partial charge in [0.05, 0.1) is 46.1 Å². The normalized spacial score (nSPS) is 11.8. The molecular formula is C23H11ClF5N3O2. The Hall–Kier alpha value is -3.92. The summed E-state index contributed by atoms with van der Waals surface area (Å²) >= 11 is 6.18. The highest BCUT2D eigenvalue weighted by Crippen LogP contribution is 2.46. The Morgan fingerprint density at radius 2 is 1.76 bits per heavy atom. The Balaban J connectivity index is 1.80. The van der Waals surface area contributed by atoms with E-state index in [2.05, 4.69) is 10.3 Å². The number of alkyl halides is 3. The number of hydrogen-bond donors (Lipinski definition) is 0. The molecule has 5 aromatic rings. The van der Waals surface area contributed by atoms with E-state index < -0.39 is 29.1 Å². The molecule has 0 atom stereocenters. The number of hydrogen-bond acceptors (Lipinski definition) is 4. The van der Waals surface area contributed by atoms with Gasteiger partial charge in [0.2, 0.25) is 0 Å². The minimum Gasteiger partial charge on any atom is -0.472 e. The molecule has 0 bridgehead atoms. The van der Waals surface area contributed by atoms with Crippen molar-refractivity contribution in [3.8, 4) is 39.4 Å². The largest absolute Gasteiger partial charge is 0.472 e. The second kappa shape index (κ2) is 8.14. The van der Waals surface area contributed by atoms with Gasteiger partial charge in [-0.2, -0.15) is 18.3 Å². The maximum Gasteiger partial charge on any atom is 0.434 e. The predicted octanol–water partition coefficient (Wildman–Crippen LogP) is 7.40. The van der Waals surface area contributed by atoms with Gasteiger partial charge in [0.1, 0.15) is 17.3 Å². The van der Waals surface area contributed by atoms with Crippen molar-refractivity contribution >= 4 is 11.6 Å². The molecule has 0 spiro atoms. The molecule has 5 nitrogen and oxygen atoms in total. The van der Waals surface area contributed by atoms with Crippen molar-refractivity contribution in [1.82, 2.24) is 14.9 Å². The summed E-state index contributed by atoms with van der Waals surface area (Å²) < 4.78 is 82.1. The smallest absolute Gasteiger partial charge is 0.434 e. The molecule has 0 unspecified atom stereocenters. The van der Waals surface area contributed by atoms with Crippen LogP contribution in [0.3, 0.4) is 0 Å². The summed E-state index contributed by atoms with van der Waals surface area (Å²) in [5.41, 5.74) is -1.85. The number of benzene rings is 2. The summed E-state index contributed by atoms with van der Waals surface area (Å²) in [4.78, 5) is 0. The van der Waals surface area contributed by atoms with E-state index >= 15 is 0 Å². The van der Waals surface area contributed by atoms with E-state index in [0.717, 1.165) is 24.4 Å². The number of nitrogens with zero attached hydrogens (tertiary/aromatic N) is 3. The molecule has 0 saturated heterocycles. The molecule has 0 N–H and O–H groups in total. The van der Waals surface area contributed by atoms with Crippen molar-refractivity contribution in [2.24, 2.45) is 0 Å². The molecule has 34 heavy (non-hydrogen) atoms. The lowest BCUT2D eigenvalue weighted by Crippen LogP contribution is -2.14. The minimum atomic E-state index is -4.92. The fraction of sp³-hybridized carbons (Fsp3) is 0.0435. The fourth-order valence-electron chi connectivity index (χ4n) is 3.63. The van der Waals surface area contributed by atoms with Gasteiger partial charge in [-0.1, -0.05) is 28.9 Å². The van der Waals surface area contributed by atoms with Crippen molar-refractivity contribution in [2.75, 3.05) is 0 Å². The maximum absolute atomic E-state index is 14.7. The molecule has 3 heterocycles. The van der Waals surface area contributed by atoms with E-state index in [1.165, 1.54) is 42.9 Å². The molecule has 11 heteroatoms. The van der Waals surface area contributed by atoms with E-state index in [-0.39, 0.29) is 38.9 Å². The second-order valence-electron chi connectivity index (χ2n) is 7.14. The Labute approximate surface area is 193 Å². The molecule has 2 aromatic carbocycles. The molecule has 0 amide bonds. The van der Waals surface area contributed by atoms with Crippen molar-refractivity contribution in [3.05, 3.63) is 89.6 Å². The SMILES string of the molecule is Fc1cccc(-n2ncc(-c3onc(-c4c(F)cccc4Cl)c3-c3ccoc3)c2C(F)(F)F)c1. The molecule has 0 radical (unpaired) electrons. The first-order valence-corrected chi connectivity index (χ1v) is 10.0. The third kappa shape index (κ3) is 3.65. The summed E-state index contributed by atoms with van der Waals surface area (Å²) in [6.45, 7) is 0. The Bertz CT molecular complexity index is 1470. The Kier molecular flexibility index (Phi) is 5.24. The van der Waals surface area contributed by atoms with Crippen LogP contribution in [0.1, 0.15) is 5.69 Å². The minimum absolute atomic E-state index is 0.0175. The summed E-state index contributed by atoms with van der Waals surface area (Å²) in [6, 6.07) is 9.93. The quantitative estimate of drug-likeness (QED) is 0.246. The van der Waals surface area contributed by atoms with Gasteiger partial charge in [-0.05, 0) is 36.4 Å². The van der Waals surface area contributed by atoms with Gasteiger partial charge in [0.25, 0.3) is 0 Å². The number of halogens is 6. The zero-order valence-electron chi connectivity index (χ0n) is 16.8. The summed E-state index contributed by atoms with van der Waals surface area (Å²) in [5, 5.41) is 7.67. The van der Waals surface area contributed by atoms with E-state index in [1.807, 2.05) is 0 Å². The van der Waals surface area contributed by atoms with E-state index in [0.29, 0.717) is 4.68 Å². The molecule has 3 aromatic heterocycles. The van der Waals surface area contributed by atoms with E-state index in [4.69, 9.17) is 20.5 Å². The lowest BCUT2D eigenvalue weighted by Gasteiger charge is -2.12. The van der Waals surface area contributed by atoms with Crippen molar-refractivity contribution < 1.29 is 30.9 Å². The summed E-state index contributed by atoms with van der Waals surface area (Å²) in [5.74, 6) is -1.83. The van der Waals surface area contributed by atoms with E-state index in [1.54, 1.807) is 0 Å². The first kappa shape index (κ1) is 21.9. The van der Waals surface area contributed by atoms with Crippen LogP contribution in [0, 0.1) is 11.6 Å². The highest BCUT2D eigenvalue weighted by molar-refractivity contribution is 6.33. The molecular weight excluding hydrogens is 481 g/mol. The lowest BCUT2D eigenvalue weighted by molar-refractivity contribution is -0.142. The van der Waals surface area contributed by atoms with Crippen LogP contribution in [0.25, 0.3) is 39.4 Å². The monoisotopic (exact) mass is 491 g/mol. The Morgan fingerprint density at radius 1 is 0.971 bits per heavy atom. The van der Waals surface area contributed by atoms with Crippen LogP contribution in [-0.4, -0.2) is 14.9 Å². The van der Waals surface area contributed by atoms with Crippen LogP contribution in [0.5, 0.6) is 0 Å². The molecule has 0 aliphatic heterocycles. The van der Waals surface area contributed by atoms with Gasteiger partial charge < -0.3 is 8.94 Å². The van der Waals surface area contributed by atoms with Gasteiger partial charge in [-0.15, -0.1) is 0 Å². The predicted molar refractivity (Wildman–Crippen MR) is 112 cm³/mol. The summed E-state index contributed by atoms with van der Waals surface area (Å²) in [7, 11) is 0. The zero-order chi connectivity index (χ0) is 24.0. The van der Waals surface area contributed by atoms with Gasteiger partial charge in [0, 0.05) is 5.56 Å². The van der Waals surface area contributed by atoms with Crippen molar-refractivity contribution in [2.45, 2.75) is 6.18 Å². The van der Waals surface area contributed by atoms with Gasteiger partial charge >= 0.3 is 6.18 Å². The average molecular weight is 492 g/mol. The maximum atomic E-state index is 14.7. The molecule has 0 fully saturated rings. The average Bonchev–Trinajstić information content (AvgIpc) is 3.52.